The molecule has 212 valence electrons. The van der Waals surface area contributed by atoms with Gasteiger partial charge in [0.25, 0.3) is 0 Å². The van der Waals surface area contributed by atoms with Gasteiger partial charge in [-0.25, -0.2) is 14.4 Å². The third-order valence-corrected chi connectivity index (χ3v) is 4.69. The number of rotatable bonds is 5. The van der Waals surface area contributed by atoms with Crippen molar-refractivity contribution < 1.29 is 70.1 Å². The molecule has 2 aliphatic carbocycles. The number of esters is 2. The number of carbonyl (C=O) groups excluding carboxylic acids is 3. The third-order valence-electron chi connectivity index (χ3n) is 4.69. The first kappa shape index (κ1) is 33.2. The molecule has 0 heterocycles. The topological polar surface area (TPSA) is 213 Å². The maximum atomic E-state index is 12.5. The van der Waals surface area contributed by atoms with E-state index in [1.807, 2.05) is 0 Å². The van der Waals surface area contributed by atoms with Crippen LogP contribution in [0.2, 0.25) is 0 Å². The summed E-state index contributed by atoms with van der Waals surface area (Å²) < 4.78 is 81.5. The third kappa shape index (κ3) is 8.98. The highest BCUT2D eigenvalue weighted by Gasteiger charge is 2.70. The predicted octanol–water partition coefficient (Wildman–Crippen LogP) is 1.42. The summed E-state index contributed by atoms with van der Waals surface area (Å²) >= 11 is 0. The number of carboxylic acids is 1. The monoisotopic (exact) mass is 554 g/mol. The van der Waals surface area contributed by atoms with Crippen LogP contribution in [0.5, 0.6) is 0 Å². The molecule has 2 fully saturated rings. The molecule has 0 bridgehead atoms. The normalized spacial score (nSPS) is 17.5. The number of nitrogens with zero attached hydrogens (tertiary/aromatic N) is 2. The van der Waals surface area contributed by atoms with E-state index in [0.29, 0.717) is 0 Å². The molecular formula is C18H24F6N4O9. The van der Waals surface area contributed by atoms with Crippen LogP contribution in [-0.4, -0.2) is 71.4 Å². The van der Waals surface area contributed by atoms with Crippen LogP contribution in [0.1, 0.15) is 39.5 Å². The summed E-state index contributed by atoms with van der Waals surface area (Å²) in [7, 11) is 0. The summed E-state index contributed by atoms with van der Waals surface area (Å²) in [6.07, 6.45) is -10.5. The van der Waals surface area contributed by atoms with Crippen molar-refractivity contribution in [2.24, 2.45) is 32.6 Å². The number of carbonyl (C=O) groups is 4. The molecule has 19 heteroatoms. The molecule has 2 aliphatic rings. The SMILES string of the molecule is CCOC(=O)/C(N)=N\O.CCOC(=O)/C(N)=N\OC(=O)C1(C(F)(F)F)CC1.O=C(O)C1(C(F)(F)F)CC1. The van der Waals surface area contributed by atoms with E-state index in [-0.39, 0.29) is 38.9 Å². The maximum Gasteiger partial charge on any atom is 0.405 e. The molecule has 13 nitrogen and oxygen atoms in total. The first-order valence-electron chi connectivity index (χ1n) is 10.1. The number of nitrogens with two attached hydrogens (primary N) is 2. The molecule has 0 saturated heterocycles. The second-order valence-electron chi connectivity index (χ2n) is 7.25. The van der Waals surface area contributed by atoms with E-state index in [0.717, 1.165) is 0 Å². The van der Waals surface area contributed by atoms with Gasteiger partial charge >= 0.3 is 36.2 Å². The molecular weight excluding hydrogens is 530 g/mol. The highest BCUT2D eigenvalue weighted by atomic mass is 19.4. The molecule has 0 spiro atoms. The fourth-order valence-corrected chi connectivity index (χ4v) is 2.14. The molecule has 0 aromatic rings. The minimum atomic E-state index is -4.70. The average Bonchev–Trinajstić information content (AvgIpc) is 3.69. The van der Waals surface area contributed by atoms with Gasteiger partial charge in [-0.3, -0.25) is 4.79 Å². The van der Waals surface area contributed by atoms with Crippen molar-refractivity contribution in [3.8, 4) is 0 Å². The van der Waals surface area contributed by atoms with Crippen LogP contribution in [0.3, 0.4) is 0 Å². The Hall–Kier alpha value is -3.80. The Morgan fingerprint density at radius 3 is 1.43 bits per heavy atom. The number of halogens is 6. The summed E-state index contributed by atoms with van der Waals surface area (Å²) in [6.45, 7) is 3.35. The Balaban J connectivity index is 0.000000577. The van der Waals surface area contributed by atoms with Crippen LogP contribution < -0.4 is 11.5 Å². The Morgan fingerprint density at radius 1 is 0.811 bits per heavy atom. The summed E-state index contributed by atoms with van der Waals surface area (Å²) in [4.78, 5) is 46.5. The molecule has 0 unspecified atom stereocenters. The van der Waals surface area contributed by atoms with Gasteiger partial charge in [0.1, 0.15) is 0 Å². The molecule has 0 radical (unpaired) electrons. The van der Waals surface area contributed by atoms with E-state index in [4.69, 9.17) is 21.8 Å². The van der Waals surface area contributed by atoms with E-state index in [1.165, 1.54) is 6.92 Å². The molecule has 2 rings (SSSR count). The van der Waals surface area contributed by atoms with Crippen LogP contribution >= 0.6 is 0 Å². The lowest BCUT2D eigenvalue weighted by atomic mass is 10.1. The van der Waals surface area contributed by atoms with Crippen molar-refractivity contribution in [3.63, 3.8) is 0 Å². The Kier molecular flexibility index (Phi) is 11.6. The van der Waals surface area contributed by atoms with Crippen molar-refractivity contribution in [2.45, 2.75) is 51.9 Å². The van der Waals surface area contributed by atoms with E-state index >= 15 is 0 Å². The second kappa shape index (κ2) is 12.9. The highest BCUT2D eigenvalue weighted by molar-refractivity contribution is 6.34. The minimum Gasteiger partial charge on any atom is -0.481 e. The average molecular weight is 554 g/mol. The fraction of sp³-hybridized carbons (Fsp3) is 0.667. The second-order valence-corrected chi connectivity index (χ2v) is 7.25. The summed E-state index contributed by atoms with van der Waals surface area (Å²) in [5.74, 6) is -6.54. The Morgan fingerprint density at radius 2 is 1.19 bits per heavy atom. The smallest absolute Gasteiger partial charge is 0.405 e. The lowest BCUT2D eigenvalue weighted by Gasteiger charge is -2.15. The number of aliphatic carboxylic acids is 1. The van der Waals surface area contributed by atoms with Crippen molar-refractivity contribution in [3.05, 3.63) is 0 Å². The molecule has 2 saturated carbocycles. The Bertz CT molecular complexity index is 910. The zero-order valence-corrected chi connectivity index (χ0v) is 19.3. The van der Waals surface area contributed by atoms with Crippen molar-refractivity contribution in [2.75, 3.05) is 13.2 Å². The van der Waals surface area contributed by atoms with Gasteiger partial charge < -0.3 is 36.1 Å². The predicted molar refractivity (Wildman–Crippen MR) is 107 cm³/mol. The quantitative estimate of drug-likeness (QED) is 0.0725. The maximum absolute atomic E-state index is 12.5. The van der Waals surface area contributed by atoms with E-state index < -0.39 is 58.7 Å². The molecule has 0 amide bonds. The number of oxime groups is 2. The van der Waals surface area contributed by atoms with E-state index in [9.17, 15) is 45.5 Å². The van der Waals surface area contributed by atoms with Gasteiger partial charge in [0.15, 0.2) is 10.8 Å². The number of alkyl halides is 6. The molecule has 6 N–H and O–H groups in total. The van der Waals surface area contributed by atoms with Gasteiger partial charge in [-0.05, 0) is 39.5 Å². The van der Waals surface area contributed by atoms with Gasteiger partial charge in [0.2, 0.25) is 11.7 Å². The van der Waals surface area contributed by atoms with Gasteiger partial charge in [0, 0.05) is 0 Å². The molecule has 37 heavy (non-hydrogen) atoms. The molecule has 0 aromatic heterocycles. The molecule has 0 aliphatic heterocycles. The van der Waals surface area contributed by atoms with Gasteiger partial charge in [-0.2, -0.15) is 26.3 Å². The molecule has 0 atom stereocenters. The number of amidine groups is 2. The number of carboxylic acid groups (broad SMARTS) is 1. The highest BCUT2D eigenvalue weighted by Crippen LogP contribution is 2.58. The van der Waals surface area contributed by atoms with Crippen LogP contribution in [0.15, 0.2) is 10.3 Å². The first-order chi connectivity index (χ1) is 16.9. The summed E-state index contributed by atoms with van der Waals surface area (Å²) in [6, 6.07) is 0. The number of ether oxygens (including phenoxy) is 2. The molecule has 0 aromatic carbocycles. The van der Waals surface area contributed by atoms with Crippen molar-refractivity contribution in [1.29, 1.82) is 0 Å². The zero-order valence-electron chi connectivity index (χ0n) is 19.3. The fourth-order valence-electron chi connectivity index (χ4n) is 2.14. The van der Waals surface area contributed by atoms with Crippen molar-refractivity contribution in [1.82, 2.24) is 0 Å². The lowest BCUT2D eigenvalue weighted by molar-refractivity contribution is -0.207. The largest absolute Gasteiger partial charge is 0.481 e. The van der Waals surface area contributed by atoms with Crippen LogP contribution in [0.25, 0.3) is 0 Å². The van der Waals surface area contributed by atoms with E-state index in [1.54, 1.807) is 6.92 Å². The van der Waals surface area contributed by atoms with Gasteiger partial charge in [-0.15, -0.1) is 0 Å². The zero-order chi connectivity index (χ0) is 29.2. The summed E-state index contributed by atoms with van der Waals surface area (Å²) in [5.41, 5.74) is 4.96. The van der Waals surface area contributed by atoms with Crippen LogP contribution in [0.4, 0.5) is 26.3 Å². The standard InChI is InChI=1S/C9H11F3N2O4.C5H5F3O2.C4H8N2O3/c1-2-17-6(15)5(13)14-18-7(16)8(3-4-8)9(10,11)12;6-5(7,8)4(1-2-4)3(9)10;1-2-9-4(7)3(5)6-8/h2-4H2,1H3,(H2,13,14);1-2H2,(H,9,10);8H,2H2,1H3,(H2,5,6). The van der Waals surface area contributed by atoms with E-state index in [2.05, 4.69) is 24.6 Å². The number of hydrogen-bond acceptors (Lipinski definition) is 10. The minimum absolute atomic E-state index is 0.00941. The first-order valence-corrected chi connectivity index (χ1v) is 10.1. The van der Waals surface area contributed by atoms with Crippen LogP contribution in [0, 0.1) is 10.8 Å². The van der Waals surface area contributed by atoms with Crippen LogP contribution in [-0.2, 0) is 33.5 Å². The number of hydrogen-bond donors (Lipinski definition) is 4. The Labute approximate surface area is 204 Å². The van der Waals surface area contributed by atoms with Crippen molar-refractivity contribution >= 4 is 35.5 Å². The summed E-state index contributed by atoms with van der Waals surface area (Å²) in [5, 5.41) is 21.3. The van der Waals surface area contributed by atoms with Gasteiger partial charge in [-0.1, -0.05) is 10.3 Å². The lowest BCUT2D eigenvalue weighted by Crippen LogP contribution is -2.34. The van der Waals surface area contributed by atoms with Gasteiger partial charge in [0.05, 0.1) is 13.2 Å².